The number of nitro benzene ring substituents is 1. The number of carbonyl (C=O) groups is 2. The third kappa shape index (κ3) is 15.8. The molecule has 0 aliphatic heterocycles. The summed E-state index contributed by atoms with van der Waals surface area (Å²) >= 11 is 0. The fraction of sp³-hybridized carbons (Fsp3) is 0.395. The average Bonchev–Trinajstić information content (AvgIpc) is 4.22. The quantitative estimate of drug-likeness (QED) is 0.0514. The van der Waals surface area contributed by atoms with Crippen LogP contribution >= 0.6 is 0 Å². The lowest BCUT2D eigenvalue weighted by atomic mass is 10.2. The zero-order valence-corrected chi connectivity index (χ0v) is 38.3. The molecule has 73 heavy (non-hydrogen) atoms. The highest BCUT2D eigenvalue weighted by molar-refractivity contribution is 5.66. The number of rotatable bonds is 24. The molecule has 33 nitrogen and oxygen atoms in total. The lowest BCUT2D eigenvalue weighted by molar-refractivity contribution is -0.396. The van der Waals surface area contributed by atoms with Gasteiger partial charge in [-0.05, 0) is 20.8 Å². The van der Waals surface area contributed by atoms with Crippen LogP contribution in [0.15, 0.2) is 80.0 Å². The summed E-state index contributed by atoms with van der Waals surface area (Å²) in [5.41, 5.74) is 1.55. The summed E-state index contributed by atoms with van der Waals surface area (Å²) in [4.78, 5) is 74.2. The molecule has 0 aliphatic carbocycles. The van der Waals surface area contributed by atoms with Gasteiger partial charge >= 0.3 is 29.8 Å². The molecule has 1 N–H and O–H groups in total. The molecule has 3 unspecified atom stereocenters. The van der Waals surface area contributed by atoms with E-state index in [2.05, 4.69) is 45.9 Å². The fourth-order valence-corrected chi connectivity index (χ4v) is 6.15. The predicted octanol–water partition coefficient (Wildman–Crippen LogP) is 2.10. The zero-order chi connectivity index (χ0) is 53.0. The Morgan fingerprint density at radius 1 is 0.603 bits per heavy atom. The second-order valence-electron chi connectivity index (χ2n) is 14.9. The lowest BCUT2D eigenvalue weighted by Gasteiger charge is -2.16. The third-order valence-electron chi connectivity index (χ3n) is 9.64. The molecule has 388 valence electrons. The van der Waals surface area contributed by atoms with Crippen molar-refractivity contribution in [2.45, 2.75) is 58.2 Å². The predicted molar refractivity (Wildman–Crippen MR) is 236 cm³/mol. The number of benzene rings is 1. The standard InChI is InChI=1S/C18H19N7O7.C11H13FN6O4.C9H11FN6O3/c1-13(26)32-12-16(11-31-10-14-4-2-3-5-17(14)24(27)28)23-9-15(20-21-23)8-22-7-6-19-18(22)25(29)30;1-8(19)22-7-10(4-12)17-6-9(14-15-17)5-16-3-2-13-11(16)18(20)21;10-3-8(6-17)15-5-7(12-13-15)4-14-2-1-11-9(14)16(18)19/h2-7,9,16H,8,10-12H2,1H3;2-3,6,10H,4-5,7H2,1H3;1-2,5,8,17H,3-4,6H2/i;12-1;10-1. The second-order valence-corrected chi connectivity index (χ2v) is 14.9. The summed E-state index contributed by atoms with van der Waals surface area (Å²) in [6, 6.07) is 4.05. The Morgan fingerprint density at radius 2 is 1.00 bits per heavy atom. The number of aliphatic hydroxyl groups excluding tert-OH is 1. The third-order valence-corrected chi connectivity index (χ3v) is 9.64. The van der Waals surface area contributed by atoms with Gasteiger partial charge in [0, 0.05) is 19.9 Å². The van der Waals surface area contributed by atoms with E-state index in [1.54, 1.807) is 24.4 Å². The van der Waals surface area contributed by atoms with Gasteiger partial charge in [-0.3, -0.25) is 19.7 Å². The molecule has 6 heterocycles. The SMILES string of the molecule is CC(=O)OCC(COCc1ccccc1[N+](=O)[O-])n1cc(Cn2ccnc2[N+](=O)[O-])nn1.CC(=O)OCC(C[18F])n1cc(Cn2ccnc2[N+](=O)[O-])nn1.O=[N+]([O-])c1nccn1Cc1cn(C(CO)C[18F])nn1. The molecule has 0 aliphatic rings. The van der Waals surface area contributed by atoms with Crippen LogP contribution < -0.4 is 0 Å². The summed E-state index contributed by atoms with van der Waals surface area (Å²) in [5, 5.41) is 75.5. The second kappa shape index (κ2) is 26.5. The molecule has 0 fully saturated rings. The van der Waals surface area contributed by atoms with Crippen LogP contribution in [-0.2, 0) is 50.0 Å². The van der Waals surface area contributed by atoms with Gasteiger partial charge in [0.05, 0.1) is 48.9 Å². The van der Waals surface area contributed by atoms with Crippen LogP contribution in [0, 0.1) is 40.5 Å². The van der Waals surface area contributed by atoms with E-state index < -0.39 is 69.7 Å². The molecule has 0 spiro atoms. The maximum atomic E-state index is 13.0. The van der Waals surface area contributed by atoms with E-state index in [1.807, 2.05) is 0 Å². The highest BCUT2D eigenvalue weighted by Crippen LogP contribution is 2.20. The minimum atomic E-state index is -0.793. The van der Waals surface area contributed by atoms with E-state index in [0.717, 1.165) is 0 Å². The molecule has 7 rings (SSSR count). The van der Waals surface area contributed by atoms with Gasteiger partial charge in [-0.1, -0.05) is 42.7 Å². The number of carbonyl (C=O) groups excluding carboxylic acids is 2. The minimum Gasteiger partial charge on any atom is -0.463 e. The maximum absolute atomic E-state index is 13.0. The van der Waals surface area contributed by atoms with Crippen molar-refractivity contribution >= 4 is 35.5 Å². The van der Waals surface area contributed by atoms with Gasteiger partial charge in [0.2, 0.25) is 0 Å². The van der Waals surface area contributed by atoms with Crippen molar-refractivity contribution in [3.63, 3.8) is 0 Å². The monoisotopic (exact) mass is 1030 g/mol. The molecule has 7 aromatic rings. The Bertz CT molecular complexity index is 2950. The van der Waals surface area contributed by atoms with E-state index in [9.17, 15) is 58.8 Å². The van der Waals surface area contributed by atoms with Gasteiger partial charge < -0.3 is 49.7 Å². The van der Waals surface area contributed by atoms with Gasteiger partial charge in [-0.15, -0.1) is 15.3 Å². The Hall–Kier alpha value is -9.41. The molecular formula is C38H43F2N19O14. The Balaban J connectivity index is 0.000000212. The number of esters is 2. The first-order valence-electron chi connectivity index (χ1n) is 21.0. The molecule has 0 amide bonds. The van der Waals surface area contributed by atoms with E-state index in [0.29, 0.717) is 22.6 Å². The normalized spacial score (nSPS) is 12.1. The van der Waals surface area contributed by atoms with Crippen LogP contribution in [0.4, 0.5) is 32.3 Å². The number of para-hydroxylation sites is 1. The lowest BCUT2D eigenvalue weighted by Crippen LogP contribution is -2.23. The van der Waals surface area contributed by atoms with Crippen LogP contribution in [0.5, 0.6) is 0 Å². The summed E-state index contributed by atoms with van der Waals surface area (Å²) in [6.07, 6.45) is 12.7. The van der Waals surface area contributed by atoms with Gasteiger partial charge in [0.15, 0.2) is 0 Å². The molecular weight excluding hydrogens is 983 g/mol. The number of nitro groups is 4. The van der Waals surface area contributed by atoms with E-state index >= 15 is 0 Å². The van der Waals surface area contributed by atoms with E-state index in [-0.39, 0.29) is 69.6 Å². The molecule has 0 saturated heterocycles. The van der Waals surface area contributed by atoms with Crippen molar-refractivity contribution in [1.29, 1.82) is 0 Å². The van der Waals surface area contributed by atoms with Gasteiger partial charge in [0.1, 0.15) is 119 Å². The van der Waals surface area contributed by atoms with Crippen molar-refractivity contribution in [2.24, 2.45) is 0 Å². The summed E-state index contributed by atoms with van der Waals surface area (Å²) < 4.78 is 48.7. The van der Waals surface area contributed by atoms with Crippen molar-refractivity contribution in [3.05, 3.63) is 143 Å². The zero-order valence-electron chi connectivity index (χ0n) is 38.3. The molecule has 0 saturated carbocycles. The minimum absolute atomic E-state index is 0.0212. The number of nitrogens with zero attached hydrogens (tertiary/aromatic N) is 19. The number of aliphatic hydroxyl groups is 1. The Kier molecular flexibility index (Phi) is 19.8. The fourth-order valence-electron chi connectivity index (χ4n) is 6.15. The molecule has 3 atom stereocenters. The first kappa shape index (κ1) is 54.5. The van der Waals surface area contributed by atoms with Gasteiger partial charge in [-0.2, -0.15) is 0 Å². The van der Waals surface area contributed by atoms with E-state index in [1.165, 1.54) is 97.2 Å². The summed E-state index contributed by atoms with van der Waals surface area (Å²) in [7, 11) is 0. The Morgan fingerprint density at radius 3 is 1.38 bits per heavy atom. The van der Waals surface area contributed by atoms with Gasteiger partial charge in [0.25, 0.3) is 5.69 Å². The molecule has 6 aromatic heterocycles. The van der Waals surface area contributed by atoms with Gasteiger partial charge in [-0.25, -0.2) is 36.5 Å². The number of hydrogen-bond donors (Lipinski definition) is 1. The summed E-state index contributed by atoms with van der Waals surface area (Å²) in [6.45, 7) is 0.508. The highest BCUT2D eigenvalue weighted by atomic mass is 18.2. The number of aromatic nitrogens is 15. The summed E-state index contributed by atoms with van der Waals surface area (Å²) in [5.74, 6) is -1.98. The molecule has 1 aromatic carbocycles. The topological polar surface area (TPSA) is 400 Å². The van der Waals surface area contributed by atoms with Crippen molar-refractivity contribution in [3.8, 4) is 0 Å². The highest BCUT2D eigenvalue weighted by Gasteiger charge is 2.23. The van der Waals surface area contributed by atoms with Crippen molar-refractivity contribution in [1.82, 2.24) is 73.6 Å². The van der Waals surface area contributed by atoms with Crippen molar-refractivity contribution < 1.29 is 57.4 Å². The number of halogens is 2. The van der Waals surface area contributed by atoms with Crippen LogP contribution in [0.25, 0.3) is 0 Å². The number of imidazole rings is 3. The first-order valence-corrected chi connectivity index (χ1v) is 21.0. The molecule has 35 heteroatoms. The van der Waals surface area contributed by atoms with Crippen LogP contribution in [-0.4, -0.2) is 150 Å². The average molecular weight is 1030 g/mol. The maximum Gasteiger partial charge on any atom is 0.434 e. The Labute approximate surface area is 407 Å². The van der Waals surface area contributed by atoms with Crippen LogP contribution in [0.3, 0.4) is 0 Å². The first-order chi connectivity index (χ1) is 35.0. The van der Waals surface area contributed by atoms with Crippen LogP contribution in [0.1, 0.15) is 54.6 Å². The van der Waals surface area contributed by atoms with Crippen LogP contribution in [0.2, 0.25) is 0 Å². The number of ether oxygens (including phenoxy) is 3. The molecule has 0 bridgehead atoms. The van der Waals surface area contributed by atoms with Crippen molar-refractivity contribution in [2.75, 3.05) is 39.8 Å². The number of alkyl halides is 2. The molecule has 0 radical (unpaired) electrons. The number of hydrogen-bond acceptors (Lipinski definition) is 23. The smallest absolute Gasteiger partial charge is 0.434 e. The largest absolute Gasteiger partial charge is 0.463 e. The van der Waals surface area contributed by atoms with E-state index in [4.69, 9.17) is 19.3 Å².